The summed E-state index contributed by atoms with van der Waals surface area (Å²) in [5.41, 5.74) is 0.884. The van der Waals surface area contributed by atoms with Crippen LogP contribution in [0.25, 0.3) is 0 Å². The van der Waals surface area contributed by atoms with Gasteiger partial charge in [0, 0.05) is 19.7 Å². The van der Waals surface area contributed by atoms with Crippen molar-refractivity contribution in [3.8, 4) is 5.75 Å². The van der Waals surface area contributed by atoms with E-state index in [0.29, 0.717) is 30.0 Å². The van der Waals surface area contributed by atoms with Crippen molar-refractivity contribution in [1.29, 1.82) is 0 Å². The second-order valence-electron chi connectivity index (χ2n) is 5.62. The number of amides is 2. The molecule has 0 saturated heterocycles. The summed E-state index contributed by atoms with van der Waals surface area (Å²) >= 11 is 0. The Morgan fingerprint density at radius 3 is 2.52 bits per heavy atom. The summed E-state index contributed by atoms with van der Waals surface area (Å²) < 4.78 is 5.48. The van der Waals surface area contributed by atoms with Gasteiger partial charge in [0.15, 0.2) is 0 Å². The van der Waals surface area contributed by atoms with E-state index in [4.69, 9.17) is 9.84 Å². The van der Waals surface area contributed by atoms with Crippen LogP contribution in [0.3, 0.4) is 0 Å². The lowest BCUT2D eigenvalue weighted by molar-refractivity contribution is -0.139. The van der Waals surface area contributed by atoms with Crippen molar-refractivity contribution in [3.63, 3.8) is 0 Å². The topological polar surface area (TPSA) is 95.9 Å². The Balaban J connectivity index is 2.16. The zero-order valence-electron chi connectivity index (χ0n) is 13.3. The first kappa shape index (κ1) is 16.8. The van der Waals surface area contributed by atoms with Crippen molar-refractivity contribution < 1.29 is 24.2 Å². The van der Waals surface area contributed by atoms with Crippen molar-refractivity contribution in [1.82, 2.24) is 4.90 Å². The number of hydrogen-bond acceptors (Lipinski definition) is 4. The molecule has 124 valence electrons. The van der Waals surface area contributed by atoms with E-state index in [1.54, 1.807) is 39.2 Å². The van der Waals surface area contributed by atoms with Gasteiger partial charge in [-0.25, -0.2) is 0 Å². The van der Waals surface area contributed by atoms with Crippen LogP contribution in [0.2, 0.25) is 0 Å². The first-order chi connectivity index (χ1) is 10.8. The van der Waals surface area contributed by atoms with Crippen molar-refractivity contribution in [2.24, 2.45) is 11.8 Å². The highest BCUT2D eigenvalue weighted by Crippen LogP contribution is 2.40. The van der Waals surface area contributed by atoms with Crippen LogP contribution in [0, 0.1) is 11.8 Å². The number of rotatable bonds is 6. The summed E-state index contributed by atoms with van der Waals surface area (Å²) in [5, 5.41) is 11.6. The zero-order chi connectivity index (χ0) is 17.1. The molecule has 0 unspecified atom stereocenters. The Labute approximate surface area is 134 Å². The maximum Gasteiger partial charge on any atom is 0.307 e. The van der Waals surface area contributed by atoms with Gasteiger partial charge in [0.25, 0.3) is 5.91 Å². The number of nitrogens with one attached hydrogen (secondary N) is 1. The van der Waals surface area contributed by atoms with E-state index in [9.17, 15) is 14.4 Å². The zero-order valence-corrected chi connectivity index (χ0v) is 13.3. The number of carbonyl (C=O) groups is 3. The number of anilines is 1. The van der Waals surface area contributed by atoms with Crippen LogP contribution < -0.4 is 10.1 Å². The van der Waals surface area contributed by atoms with Gasteiger partial charge in [-0.3, -0.25) is 14.4 Å². The van der Waals surface area contributed by atoms with Crippen LogP contribution in [0.5, 0.6) is 5.75 Å². The highest BCUT2D eigenvalue weighted by molar-refractivity contribution is 6.00. The molecule has 0 aliphatic heterocycles. The van der Waals surface area contributed by atoms with Crippen molar-refractivity contribution >= 4 is 23.5 Å². The van der Waals surface area contributed by atoms with Gasteiger partial charge in [0.2, 0.25) is 5.91 Å². The lowest BCUT2D eigenvalue weighted by atomic mass is 10.1. The van der Waals surface area contributed by atoms with Crippen LogP contribution in [0.4, 0.5) is 5.69 Å². The standard InChI is InChI=1S/C16H20N2O5/c1-4-23-13-7-9(15(20)18(2)3)5-6-12(13)17-14(19)10-8-11(10)16(21)22/h5-7,10-11H,4,8H2,1-3H3,(H,17,19)(H,21,22)/t10-,11+/m1/s1. The Hall–Kier alpha value is -2.57. The molecule has 2 rings (SSSR count). The molecule has 2 amide bonds. The highest BCUT2D eigenvalue weighted by atomic mass is 16.5. The molecular formula is C16H20N2O5. The third kappa shape index (κ3) is 3.80. The predicted molar refractivity (Wildman–Crippen MR) is 83.5 cm³/mol. The molecule has 1 aliphatic carbocycles. The SMILES string of the molecule is CCOc1cc(C(=O)N(C)C)ccc1NC(=O)[C@@H]1C[C@@H]1C(=O)O. The number of carboxylic acids is 1. The minimum atomic E-state index is -0.956. The van der Waals surface area contributed by atoms with Crippen LogP contribution in [-0.2, 0) is 9.59 Å². The second-order valence-corrected chi connectivity index (χ2v) is 5.62. The molecule has 2 atom stereocenters. The van der Waals surface area contributed by atoms with Crippen LogP contribution in [-0.4, -0.2) is 48.5 Å². The lowest BCUT2D eigenvalue weighted by Gasteiger charge is -2.15. The van der Waals surface area contributed by atoms with E-state index < -0.39 is 17.8 Å². The van der Waals surface area contributed by atoms with Gasteiger partial charge in [-0.05, 0) is 31.5 Å². The quantitative estimate of drug-likeness (QED) is 0.827. The average molecular weight is 320 g/mol. The molecule has 1 aromatic rings. The third-order valence-electron chi connectivity index (χ3n) is 3.64. The minimum Gasteiger partial charge on any atom is -0.492 e. The van der Waals surface area contributed by atoms with Gasteiger partial charge in [-0.1, -0.05) is 0 Å². The summed E-state index contributed by atoms with van der Waals surface area (Å²) in [6.07, 6.45) is 0.350. The van der Waals surface area contributed by atoms with Gasteiger partial charge in [-0.15, -0.1) is 0 Å². The molecule has 1 aliphatic rings. The Kier molecular flexibility index (Phi) is 4.88. The Morgan fingerprint density at radius 1 is 1.30 bits per heavy atom. The predicted octanol–water partition coefficient (Wildman–Crippen LogP) is 1.45. The monoisotopic (exact) mass is 320 g/mol. The van der Waals surface area contributed by atoms with Gasteiger partial charge in [-0.2, -0.15) is 0 Å². The van der Waals surface area contributed by atoms with Crippen molar-refractivity contribution in [3.05, 3.63) is 23.8 Å². The number of nitrogens with zero attached hydrogens (tertiary/aromatic N) is 1. The first-order valence-electron chi connectivity index (χ1n) is 7.37. The molecule has 23 heavy (non-hydrogen) atoms. The molecule has 1 saturated carbocycles. The van der Waals surface area contributed by atoms with Crippen LogP contribution in [0.15, 0.2) is 18.2 Å². The van der Waals surface area contributed by atoms with E-state index in [2.05, 4.69) is 5.32 Å². The van der Waals surface area contributed by atoms with Crippen molar-refractivity contribution in [2.45, 2.75) is 13.3 Å². The molecule has 1 aromatic carbocycles. The number of carboxylic acid groups (broad SMARTS) is 1. The number of benzene rings is 1. The molecule has 0 aromatic heterocycles. The maximum atomic E-state index is 12.1. The highest BCUT2D eigenvalue weighted by Gasteiger charge is 2.48. The van der Waals surface area contributed by atoms with Crippen molar-refractivity contribution in [2.75, 3.05) is 26.0 Å². The van der Waals surface area contributed by atoms with Gasteiger partial charge < -0.3 is 20.1 Å². The fourth-order valence-corrected chi connectivity index (χ4v) is 2.27. The maximum absolute atomic E-state index is 12.1. The van der Waals surface area contributed by atoms with E-state index in [1.807, 2.05) is 0 Å². The first-order valence-corrected chi connectivity index (χ1v) is 7.37. The van der Waals surface area contributed by atoms with Gasteiger partial charge >= 0.3 is 5.97 Å². The van der Waals surface area contributed by atoms with Gasteiger partial charge in [0.05, 0.1) is 24.1 Å². The Bertz CT molecular complexity index is 641. The molecule has 0 spiro atoms. The van der Waals surface area contributed by atoms with Crippen LogP contribution >= 0.6 is 0 Å². The summed E-state index contributed by atoms with van der Waals surface area (Å²) in [4.78, 5) is 36.3. The summed E-state index contributed by atoms with van der Waals surface area (Å²) in [5.74, 6) is -2.20. The second kappa shape index (κ2) is 6.68. The number of aliphatic carboxylic acids is 1. The van der Waals surface area contributed by atoms with Crippen LogP contribution in [0.1, 0.15) is 23.7 Å². The molecule has 0 radical (unpaired) electrons. The van der Waals surface area contributed by atoms with E-state index in [1.165, 1.54) is 4.90 Å². The summed E-state index contributed by atoms with van der Waals surface area (Å²) in [6, 6.07) is 4.77. The van der Waals surface area contributed by atoms with E-state index in [0.717, 1.165) is 0 Å². The fourth-order valence-electron chi connectivity index (χ4n) is 2.27. The number of hydrogen-bond donors (Lipinski definition) is 2. The molecule has 7 nitrogen and oxygen atoms in total. The fraction of sp³-hybridized carbons (Fsp3) is 0.438. The molecule has 0 heterocycles. The normalized spacial score (nSPS) is 18.9. The molecule has 0 bridgehead atoms. The minimum absolute atomic E-state index is 0.169. The lowest BCUT2D eigenvalue weighted by Crippen LogP contribution is -2.22. The average Bonchev–Trinajstić information content (AvgIpc) is 3.29. The Morgan fingerprint density at radius 2 is 2.00 bits per heavy atom. The van der Waals surface area contributed by atoms with Gasteiger partial charge in [0.1, 0.15) is 5.75 Å². The van der Waals surface area contributed by atoms with E-state index >= 15 is 0 Å². The summed E-state index contributed by atoms with van der Waals surface area (Å²) in [7, 11) is 3.30. The molecular weight excluding hydrogens is 300 g/mol. The molecule has 1 fully saturated rings. The molecule has 2 N–H and O–H groups in total. The third-order valence-corrected chi connectivity index (χ3v) is 3.64. The number of ether oxygens (including phenoxy) is 1. The summed E-state index contributed by atoms with van der Waals surface area (Å²) in [6.45, 7) is 2.18. The van der Waals surface area contributed by atoms with E-state index in [-0.39, 0.29) is 11.8 Å². The smallest absolute Gasteiger partial charge is 0.307 e. The number of carbonyl (C=O) groups excluding carboxylic acids is 2. The molecule has 7 heteroatoms. The largest absolute Gasteiger partial charge is 0.492 e.